The fourth-order valence-electron chi connectivity index (χ4n) is 0.765. The molecule has 0 aliphatic heterocycles. The first-order valence-electron chi connectivity index (χ1n) is 3.76. The van der Waals surface area contributed by atoms with E-state index in [1.807, 2.05) is 0 Å². The molecule has 0 N–H and O–H groups in total. The lowest BCUT2D eigenvalue weighted by Crippen LogP contribution is -1.94. The van der Waals surface area contributed by atoms with E-state index in [1.54, 1.807) is 0 Å². The van der Waals surface area contributed by atoms with Crippen molar-refractivity contribution in [2.45, 2.75) is 0 Å². The third-order valence-corrected chi connectivity index (χ3v) is 1.39. The first-order valence-corrected chi connectivity index (χ1v) is 3.76. The number of aromatic nitrogens is 1. The van der Waals surface area contributed by atoms with E-state index in [4.69, 9.17) is 0 Å². The van der Waals surface area contributed by atoms with Gasteiger partial charge in [-0.1, -0.05) is 5.92 Å². The zero-order valence-electron chi connectivity index (χ0n) is 7.48. The molecule has 4 nitrogen and oxygen atoms in total. The second-order valence-corrected chi connectivity index (χ2v) is 2.37. The van der Waals surface area contributed by atoms with Crippen LogP contribution in [-0.2, 0) is 9.53 Å². The van der Waals surface area contributed by atoms with Gasteiger partial charge in [-0.25, -0.2) is 4.79 Å². The van der Waals surface area contributed by atoms with Crippen molar-refractivity contribution in [2.24, 2.45) is 0 Å². The third-order valence-electron chi connectivity index (χ3n) is 1.39. The number of pyridine rings is 1. The molecule has 4 heteroatoms. The summed E-state index contributed by atoms with van der Waals surface area (Å²) < 4.78 is 4.33. The van der Waals surface area contributed by atoms with Crippen molar-refractivity contribution >= 4 is 12.3 Å². The zero-order chi connectivity index (χ0) is 10.4. The average molecular weight is 189 g/mol. The topological polar surface area (TPSA) is 56.3 Å². The number of hydrogen-bond acceptors (Lipinski definition) is 4. The molecule has 0 amide bonds. The molecule has 1 heterocycles. The summed E-state index contributed by atoms with van der Waals surface area (Å²) in [5, 5.41) is 0. The monoisotopic (exact) mass is 189 g/mol. The van der Waals surface area contributed by atoms with Crippen molar-refractivity contribution in [2.75, 3.05) is 7.11 Å². The van der Waals surface area contributed by atoms with Crippen molar-refractivity contribution < 1.29 is 14.3 Å². The third kappa shape index (κ3) is 2.72. The Balaban J connectivity index is 2.89. The van der Waals surface area contributed by atoms with Crippen LogP contribution in [0.1, 0.15) is 15.9 Å². The van der Waals surface area contributed by atoms with Crippen LogP contribution in [0, 0.1) is 11.8 Å². The van der Waals surface area contributed by atoms with E-state index in [1.165, 1.54) is 25.6 Å². The van der Waals surface area contributed by atoms with Gasteiger partial charge in [-0.15, -0.1) is 0 Å². The average Bonchev–Trinajstić information content (AvgIpc) is 2.26. The maximum atomic E-state index is 10.7. The molecule has 0 atom stereocenters. The Labute approximate surface area is 80.9 Å². The molecular formula is C10H7NO3. The standard InChI is InChI=1S/C10H7NO3/c1-14-10(13)3-2-8-4-9(7-12)6-11-5-8/h4-7H,1H3. The summed E-state index contributed by atoms with van der Waals surface area (Å²) in [7, 11) is 1.25. The Morgan fingerprint density at radius 2 is 2.36 bits per heavy atom. The summed E-state index contributed by atoms with van der Waals surface area (Å²) in [5.41, 5.74) is 0.918. The van der Waals surface area contributed by atoms with E-state index in [0.29, 0.717) is 17.4 Å². The highest BCUT2D eigenvalue weighted by Gasteiger charge is 1.93. The van der Waals surface area contributed by atoms with E-state index in [-0.39, 0.29) is 0 Å². The van der Waals surface area contributed by atoms with Gasteiger partial charge in [0, 0.05) is 29.4 Å². The largest absolute Gasteiger partial charge is 0.459 e. The fraction of sp³-hybridized carbons (Fsp3) is 0.100. The molecule has 1 aromatic rings. The Morgan fingerprint density at radius 1 is 1.57 bits per heavy atom. The molecule has 14 heavy (non-hydrogen) atoms. The molecule has 0 saturated heterocycles. The number of rotatable bonds is 1. The van der Waals surface area contributed by atoms with Crippen molar-refractivity contribution in [3.05, 3.63) is 29.6 Å². The lowest BCUT2D eigenvalue weighted by molar-refractivity contribution is -0.133. The van der Waals surface area contributed by atoms with Crippen LogP contribution in [0.4, 0.5) is 0 Å². The van der Waals surface area contributed by atoms with Crippen molar-refractivity contribution in [1.29, 1.82) is 0 Å². The summed E-state index contributed by atoms with van der Waals surface area (Å²) in [6.45, 7) is 0. The lowest BCUT2D eigenvalue weighted by Gasteiger charge is -1.90. The number of carbonyl (C=O) groups is 2. The second kappa shape index (κ2) is 4.77. The highest BCUT2D eigenvalue weighted by Crippen LogP contribution is 1.97. The molecular weight excluding hydrogens is 182 g/mol. The van der Waals surface area contributed by atoms with Gasteiger partial charge >= 0.3 is 5.97 Å². The van der Waals surface area contributed by atoms with Gasteiger partial charge in [0.05, 0.1) is 7.11 Å². The minimum Gasteiger partial charge on any atom is -0.459 e. The summed E-state index contributed by atoms with van der Waals surface area (Å²) >= 11 is 0. The van der Waals surface area contributed by atoms with Crippen LogP contribution < -0.4 is 0 Å². The minimum atomic E-state index is -0.624. The predicted octanol–water partition coefficient (Wildman–Crippen LogP) is 0.419. The lowest BCUT2D eigenvalue weighted by atomic mass is 10.2. The van der Waals surface area contributed by atoms with E-state index < -0.39 is 5.97 Å². The SMILES string of the molecule is COC(=O)C#Cc1cncc(C=O)c1. The Kier molecular flexibility index (Phi) is 3.39. The van der Waals surface area contributed by atoms with Gasteiger partial charge in [0.25, 0.3) is 0 Å². The van der Waals surface area contributed by atoms with Gasteiger partial charge in [-0.2, -0.15) is 0 Å². The van der Waals surface area contributed by atoms with Gasteiger partial charge in [0.15, 0.2) is 6.29 Å². The summed E-state index contributed by atoms with van der Waals surface area (Å²) in [6, 6.07) is 1.54. The second-order valence-electron chi connectivity index (χ2n) is 2.37. The van der Waals surface area contributed by atoms with Crippen molar-refractivity contribution in [3.63, 3.8) is 0 Å². The summed E-state index contributed by atoms with van der Waals surface area (Å²) in [5.74, 6) is 4.13. The molecule has 0 bridgehead atoms. The first-order chi connectivity index (χ1) is 6.76. The number of esters is 1. The number of methoxy groups -OCH3 is 1. The number of carbonyl (C=O) groups excluding carboxylic acids is 2. The molecule has 0 aliphatic rings. The molecule has 1 rings (SSSR count). The van der Waals surface area contributed by atoms with Gasteiger partial charge < -0.3 is 4.74 Å². The molecule has 0 aromatic carbocycles. The number of aldehydes is 1. The highest BCUT2D eigenvalue weighted by atomic mass is 16.5. The number of nitrogens with zero attached hydrogens (tertiary/aromatic N) is 1. The Hall–Kier alpha value is -2.15. The maximum Gasteiger partial charge on any atom is 0.384 e. The van der Waals surface area contributed by atoms with Crippen LogP contribution >= 0.6 is 0 Å². The van der Waals surface area contributed by atoms with Crippen LogP contribution in [0.2, 0.25) is 0 Å². The predicted molar refractivity (Wildman–Crippen MR) is 48.5 cm³/mol. The molecule has 0 saturated carbocycles. The van der Waals surface area contributed by atoms with Gasteiger partial charge in [0.1, 0.15) is 0 Å². The molecule has 70 valence electrons. The first kappa shape index (κ1) is 9.93. The van der Waals surface area contributed by atoms with Crippen molar-refractivity contribution in [1.82, 2.24) is 4.98 Å². The smallest absolute Gasteiger partial charge is 0.384 e. The van der Waals surface area contributed by atoms with E-state index in [0.717, 1.165) is 0 Å². The summed E-state index contributed by atoms with van der Waals surface area (Å²) in [6.07, 6.45) is 3.54. The van der Waals surface area contributed by atoms with E-state index >= 15 is 0 Å². The maximum absolute atomic E-state index is 10.7. The molecule has 0 fully saturated rings. The van der Waals surface area contributed by atoms with Crippen LogP contribution in [0.15, 0.2) is 18.5 Å². The van der Waals surface area contributed by atoms with E-state index in [2.05, 4.69) is 21.6 Å². The van der Waals surface area contributed by atoms with Gasteiger partial charge in [0.2, 0.25) is 0 Å². The number of hydrogen-bond donors (Lipinski definition) is 0. The van der Waals surface area contributed by atoms with E-state index in [9.17, 15) is 9.59 Å². The van der Waals surface area contributed by atoms with Gasteiger partial charge in [-0.05, 0) is 6.07 Å². The normalized spacial score (nSPS) is 8.36. The zero-order valence-corrected chi connectivity index (χ0v) is 7.48. The molecule has 0 spiro atoms. The summed E-state index contributed by atoms with van der Waals surface area (Å²) in [4.78, 5) is 24.8. The van der Waals surface area contributed by atoms with Gasteiger partial charge in [-0.3, -0.25) is 9.78 Å². The van der Waals surface area contributed by atoms with Crippen LogP contribution in [-0.4, -0.2) is 24.3 Å². The molecule has 0 radical (unpaired) electrons. The Morgan fingerprint density at radius 3 is 3.00 bits per heavy atom. The quantitative estimate of drug-likeness (QED) is 0.365. The molecule has 0 unspecified atom stereocenters. The molecule has 0 aliphatic carbocycles. The Bertz CT molecular complexity index is 415. The fourth-order valence-corrected chi connectivity index (χ4v) is 0.765. The number of ether oxygens (including phenoxy) is 1. The highest BCUT2D eigenvalue weighted by molar-refractivity contribution is 5.89. The van der Waals surface area contributed by atoms with Crippen molar-refractivity contribution in [3.8, 4) is 11.8 Å². The van der Waals surface area contributed by atoms with Crippen LogP contribution in [0.5, 0.6) is 0 Å². The minimum absolute atomic E-state index is 0.418. The van der Waals surface area contributed by atoms with Crippen LogP contribution in [0.25, 0.3) is 0 Å². The molecule has 1 aromatic heterocycles. The van der Waals surface area contributed by atoms with Crippen LogP contribution in [0.3, 0.4) is 0 Å².